The number of aliphatic hydroxyl groups is 3. The molecule has 0 aromatic heterocycles. The lowest BCUT2D eigenvalue weighted by Crippen LogP contribution is -2.42. The Kier molecular flexibility index (Phi) is 8.25. The molecule has 112 valence electrons. The van der Waals surface area contributed by atoms with Gasteiger partial charge in [-0.3, -0.25) is 0 Å². The largest absolute Gasteiger partial charge is 0.394 e. The van der Waals surface area contributed by atoms with Crippen LogP contribution in [0.4, 0.5) is 0 Å². The van der Waals surface area contributed by atoms with Gasteiger partial charge in [0.1, 0.15) is 24.4 Å². The maximum Gasteiger partial charge on any atom is 0.114 e. The molecule has 1 rings (SSSR count). The molecule has 0 unspecified atom stereocenters. The van der Waals surface area contributed by atoms with Crippen LogP contribution in [0.3, 0.4) is 0 Å². The summed E-state index contributed by atoms with van der Waals surface area (Å²) in [5, 5.41) is 28.3. The summed E-state index contributed by atoms with van der Waals surface area (Å²) < 4.78 is 10.8. The molecule has 0 aromatic rings. The summed E-state index contributed by atoms with van der Waals surface area (Å²) in [5.74, 6) is 0. The number of hydrogen-bond acceptors (Lipinski definition) is 5. The van der Waals surface area contributed by atoms with Crippen molar-refractivity contribution in [2.75, 3.05) is 19.8 Å². The monoisotopic (exact) mass is 274 g/mol. The van der Waals surface area contributed by atoms with Crippen molar-refractivity contribution >= 4 is 0 Å². The van der Waals surface area contributed by atoms with E-state index in [0.29, 0.717) is 6.61 Å². The van der Waals surface area contributed by atoms with E-state index in [1.165, 1.54) is 0 Å². The summed E-state index contributed by atoms with van der Waals surface area (Å²) >= 11 is 0. The fraction of sp³-hybridized carbons (Fsp3) is 0.857. The van der Waals surface area contributed by atoms with Crippen LogP contribution in [0.15, 0.2) is 12.2 Å². The van der Waals surface area contributed by atoms with E-state index in [1.54, 1.807) is 0 Å². The van der Waals surface area contributed by atoms with Crippen molar-refractivity contribution in [2.24, 2.45) is 0 Å². The first-order valence-corrected chi connectivity index (χ1v) is 7.02. The molecule has 1 saturated heterocycles. The molecule has 5 nitrogen and oxygen atoms in total. The Morgan fingerprint density at radius 2 is 2.11 bits per heavy atom. The summed E-state index contributed by atoms with van der Waals surface area (Å²) in [5.41, 5.74) is 0. The predicted molar refractivity (Wildman–Crippen MR) is 71.9 cm³/mol. The summed E-state index contributed by atoms with van der Waals surface area (Å²) in [4.78, 5) is 0. The molecule has 5 heteroatoms. The Bertz CT molecular complexity index is 256. The molecule has 4 atom stereocenters. The number of hydrogen-bond donors (Lipinski definition) is 3. The van der Waals surface area contributed by atoms with Crippen LogP contribution in [0.5, 0.6) is 0 Å². The quantitative estimate of drug-likeness (QED) is 0.424. The van der Waals surface area contributed by atoms with Crippen molar-refractivity contribution in [1.29, 1.82) is 0 Å². The minimum atomic E-state index is -0.980. The molecule has 0 aromatic carbocycles. The van der Waals surface area contributed by atoms with Crippen LogP contribution in [-0.2, 0) is 9.47 Å². The highest BCUT2D eigenvalue weighted by molar-refractivity contribution is 4.88. The number of allylic oxidation sites excluding steroid dienone is 2. The van der Waals surface area contributed by atoms with E-state index in [9.17, 15) is 15.3 Å². The fourth-order valence-corrected chi connectivity index (χ4v) is 2.15. The van der Waals surface area contributed by atoms with Crippen molar-refractivity contribution < 1.29 is 24.8 Å². The highest BCUT2D eigenvalue weighted by atomic mass is 16.6. The van der Waals surface area contributed by atoms with E-state index in [1.807, 2.05) is 13.0 Å². The van der Waals surface area contributed by atoms with Crippen molar-refractivity contribution in [3.05, 3.63) is 12.2 Å². The van der Waals surface area contributed by atoms with Crippen LogP contribution in [0.1, 0.15) is 32.6 Å². The molecule has 1 heterocycles. The molecule has 0 bridgehead atoms. The van der Waals surface area contributed by atoms with Crippen molar-refractivity contribution in [3.63, 3.8) is 0 Å². The van der Waals surface area contributed by atoms with Gasteiger partial charge in [-0.15, -0.1) is 0 Å². The highest BCUT2D eigenvalue weighted by Gasteiger charge is 2.40. The van der Waals surface area contributed by atoms with E-state index in [4.69, 9.17) is 9.47 Å². The first-order chi connectivity index (χ1) is 9.20. The zero-order valence-electron chi connectivity index (χ0n) is 11.6. The molecular weight excluding hydrogens is 248 g/mol. The highest BCUT2D eigenvalue weighted by Crippen LogP contribution is 2.19. The minimum absolute atomic E-state index is 0.0923. The summed E-state index contributed by atoms with van der Waals surface area (Å²) in [6.07, 6.45) is 5.30. The van der Waals surface area contributed by atoms with Crippen LogP contribution >= 0.6 is 0 Å². The maximum absolute atomic E-state index is 9.69. The van der Waals surface area contributed by atoms with Gasteiger partial charge in [0.2, 0.25) is 0 Å². The van der Waals surface area contributed by atoms with E-state index >= 15 is 0 Å². The number of ether oxygens (including phenoxy) is 2. The molecule has 1 aliphatic heterocycles. The zero-order chi connectivity index (χ0) is 14.1. The smallest absolute Gasteiger partial charge is 0.114 e. The average molecular weight is 274 g/mol. The Labute approximate surface area is 114 Å². The summed E-state index contributed by atoms with van der Waals surface area (Å²) in [7, 11) is 0. The third-order valence-electron chi connectivity index (χ3n) is 3.32. The van der Waals surface area contributed by atoms with Gasteiger partial charge in [0.25, 0.3) is 0 Å². The summed E-state index contributed by atoms with van der Waals surface area (Å²) in [6, 6.07) is 0. The van der Waals surface area contributed by atoms with Gasteiger partial charge in [0, 0.05) is 6.61 Å². The van der Waals surface area contributed by atoms with Crippen molar-refractivity contribution in [2.45, 2.75) is 57.0 Å². The molecule has 1 fully saturated rings. The van der Waals surface area contributed by atoms with E-state index in [2.05, 4.69) is 6.08 Å². The van der Waals surface area contributed by atoms with Crippen LogP contribution in [0, 0.1) is 0 Å². The van der Waals surface area contributed by atoms with Crippen molar-refractivity contribution in [3.8, 4) is 0 Å². The van der Waals surface area contributed by atoms with Crippen LogP contribution < -0.4 is 0 Å². The first-order valence-electron chi connectivity index (χ1n) is 7.02. The predicted octanol–water partition coefficient (Wildman–Crippen LogP) is 0.621. The second-order valence-electron chi connectivity index (χ2n) is 4.87. The topological polar surface area (TPSA) is 79.2 Å². The Hall–Kier alpha value is -0.460. The second kappa shape index (κ2) is 9.44. The third kappa shape index (κ3) is 5.58. The molecule has 3 N–H and O–H groups in total. The van der Waals surface area contributed by atoms with Gasteiger partial charge < -0.3 is 24.8 Å². The lowest BCUT2D eigenvalue weighted by molar-refractivity contribution is -0.101. The van der Waals surface area contributed by atoms with Gasteiger partial charge in [-0.05, 0) is 26.2 Å². The molecule has 0 saturated carbocycles. The van der Waals surface area contributed by atoms with Gasteiger partial charge in [-0.1, -0.05) is 18.6 Å². The Balaban J connectivity index is 2.15. The van der Waals surface area contributed by atoms with Crippen LogP contribution in [-0.4, -0.2) is 59.6 Å². The first kappa shape index (κ1) is 16.6. The van der Waals surface area contributed by atoms with Gasteiger partial charge in [-0.25, -0.2) is 0 Å². The van der Waals surface area contributed by atoms with Gasteiger partial charge in [0.15, 0.2) is 0 Å². The lowest BCUT2D eigenvalue weighted by Gasteiger charge is -2.24. The SMILES string of the molecule is C/C=C/CCCCCO[C@H](CO)[C@H]1OC[C@H](O)[C@H]1O. The minimum Gasteiger partial charge on any atom is -0.394 e. The van der Waals surface area contributed by atoms with Crippen LogP contribution in [0.2, 0.25) is 0 Å². The summed E-state index contributed by atoms with van der Waals surface area (Å²) in [6.45, 7) is 2.42. The Morgan fingerprint density at radius 3 is 2.68 bits per heavy atom. The number of aliphatic hydroxyl groups excluding tert-OH is 3. The maximum atomic E-state index is 9.69. The number of rotatable bonds is 9. The second-order valence-corrected chi connectivity index (χ2v) is 4.87. The normalized spacial score (nSPS) is 29.2. The standard InChI is InChI=1S/C14H26O5/c1-2-3-4-5-6-7-8-18-12(9-15)14-13(17)11(16)10-19-14/h2-3,11-17H,4-10H2,1H3/b3-2+/t11-,12+,13+,14+/m0/s1. The zero-order valence-corrected chi connectivity index (χ0v) is 11.6. The Morgan fingerprint density at radius 1 is 1.32 bits per heavy atom. The molecular formula is C14H26O5. The molecule has 0 spiro atoms. The molecule has 1 aliphatic rings. The van der Waals surface area contributed by atoms with Gasteiger partial charge in [-0.2, -0.15) is 0 Å². The molecule has 19 heavy (non-hydrogen) atoms. The van der Waals surface area contributed by atoms with Crippen LogP contribution in [0.25, 0.3) is 0 Å². The van der Waals surface area contributed by atoms with E-state index in [0.717, 1.165) is 25.7 Å². The fourth-order valence-electron chi connectivity index (χ4n) is 2.15. The molecule has 0 amide bonds. The lowest BCUT2D eigenvalue weighted by atomic mass is 10.1. The molecule has 0 radical (unpaired) electrons. The number of unbranched alkanes of at least 4 members (excludes halogenated alkanes) is 3. The van der Waals surface area contributed by atoms with Gasteiger partial charge in [0.05, 0.1) is 13.2 Å². The van der Waals surface area contributed by atoms with Crippen molar-refractivity contribution in [1.82, 2.24) is 0 Å². The third-order valence-corrected chi connectivity index (χ3v) is 3.32. The van der Waals surface area contributed by atoms with E-state index in [-0.39, 0.29) is 13.2 Å². The molecule has 0 aliphatic carbocycles. The van der Waals surface area contributed by atoms with Gasteiger partial charge >= 0.3 is 0 Å². The average Bonchev–Trinajstić information content (AvgIpc) is 2.74. The van der Waals surface area contributed by atoms with E-state index < -0.39 is 24.4 Å².